The van der Waals surface area contributed by atoms with Gasteiger partial charge >= 0.3 is 5.97 Å². The molecule has 0 amide bonds. The highest BCUT2D eigenvalue weighted by Gasteiger charge is 2.40. The van der Waals surface area contributed by atoms with Gasteiger partial charge in [0.2, 0.25) is 0 Å². The highest BCUT2D eigenvalue weighted by Crippen LogP contribution is 2.47. The van der Waals surface area contributed by atoms with E-state index in [1.165, 1.54) is 0 Å². The Hall–Kier alpha value is -0.900. The van der Waals surface area contributed by atoms with Crippen molar-refractivity contribution < 1.29 is 14.3 Å². The predicted molar refractivity (Wildman–Crippen MR) is 84.8 cm³/mol. The van der Waals surface area contributed by atoms with Crippen molar-refractivity contribution in [1.29, 1.82) is 0 Å². The van der Waals surface area contributed by atoms with Crippen LogP contribution in [0, 0.1) is 23.1 Å². The zero-order valence-corrected chi connectivity index (χ0v) is 14.3. The van der Waals surface area contributed by atoms with Crippen LogP contribution in [-0.2, 0) is 4.79 Å². The Balaban J connectivity index is 2.39. The minimum atomic E-state index is -0.813. The van der Waals surface area contributed by atoms with Gasteiger partial charge in [0.25, 0.3) is 0 Å². The van der Waals surface area contributed by atoms with Crippen molar-refractivity contribution >= 4 is 21.9 Å². The Bertz CT molecular complexity index is 536. The number of hydrogen-bond acceptors (Lipinski definition) is 1. The van der Waals surface area contributed by atoms with E-state index in [0.29, 0.717) is 22.4 Å². The molecule has 1 saturated carbocycles. The normalized spacial score (nSPS) is 26.6. The highest BCUT2D eigenvalue weighted by atomic mass is 79.9. The molecule has 21 heavy (non-hydrogen) atoms. The lowest BCUT2D eigenvalue weighted by Crippen LogP contribution is -2.34. The maximum absolute atomic E-state index is 14.4. The van der Waals surface area contributed by atoms with Crippen molar-refractivity contribution in [3.8, 4) is 0 Å². The zero-order chi connectivity index (χ0) is 15.8. The van der Waals surface area contributed by atoms with Gasteiger partial charge in [0.15, 0.2) is 0 Å². The van der Waals surface area contributed by atoms with Crippen LogP contribution < -0.4 is 0 Å². The molecule has 1 aliphatic rings. The van der Waals surface area contributed by atoms with Gasteiger partial charge in [-0.3, -0.25) is 4.79 Å². The molecule has 2 rings (SSSR count). The zero-order valence-electron chi connectivity index (χ0n) is 12.7. The maximum Gasteiger partial charge on any atom is 0.307 e. The highest BCUT2D eigenvalue weighted by molar-refractivity contribution is 9.10. The molecule has 1 aliphatic carbocycles. The third-order valence-electron chi connectivity index (χ3n) is 4.77. The Morgan fingerprint density at radius 1 is 1.33 bits per heavy atom. The minimum Gasteiger partial charge on any atom is -0.481 e. The summed E-state index contributed by atoms with van der Waals surface area (Å²) in [5, 5.41) is 9.49. The monoisotopic (exact) mass is 356 g/mol. The first kappa shape index (κ1) is 16.5. The Kier molecular flexibility index (Phi) is 4.76. The van der Waals surface area contributed by atoms with Crippen LogP contribution in [0.3, 0.4) is 0 Å². The summed E-state index contributed by atoms with van der Waals surface area (Å²) in [4.78, 5) is 11.6. The van der Waals surface area contributed by atoms with Gasteiger partial charge in [-0.2, -0.15) is 0 Å². The second-order valence-electron chi connectivity index (χ2n) is 7.07. The summed E-state index contributed by atoms with van der Waals surface area (Å²) in [6.07, 6.45) is 2.24. The molecular weight excluding hydrogens is 335 g/mol. The molecule has 1 aromatic carbocycles. The number of carboxylic acids is 1. The first-order valence-electron chi connectivity index (χ1n) is 7.38. The number of aliphatic carboxylic acids is 1. The summed E-state index contributed by atoms with van der Waals surface area (Å²) in [7, 11) is 0. The molecule has 3 atom stereocenters. The van der Waals surface area contributed by atoms with E-state index in [-0.39, 0.29) is 17.2 Å². The predicted octanol–water partition coefficient (Wildman–Crippen LogP) is 5.22. The fraction of sp³-hybridized carbons (Fsp3) is 0.588. The Morgan fingerprint density at radius 2 is 2.00 bits per heavy atom. The van der Waals surface area contributed by atoms with E-state index in [0.717, 1.165) is 12.8 Å². The number of halogens is 2. The summed E-state index contributed by atoms with van der Waals surface area (Å²) in [5.74, 6) is -1.46. The lowest BCUT2D eigenvalue weighted by atomic mass is 9.64. The van der Waals surface area contributed by atoms with Gasteiger partial charge in [0.05, 0.1) is 10.4 Å². The average Bonchev–Trinajstić information content (AvgIpc) is 2.40. The molecule has 0 bridgehead atoms. The van der Waals surface area contributed by atoms with E-state index in [2.05, 4.69) is 36.7 Å². The van der Waals surface area contributed by atoms with Gasteiger partial charge < -0.3 is 5.11 Å². The fourth-order valence-corrected chi connectivity index (χ4v) is 3.78. The van der Waals surface area contributed by atoms with Crippen molar-refractivity contribution in [3.63, 3.8) is 0 Å². The van der Waals surface area contributed by atoms with Gasteiger partial charge in [-0.1, -0.05) is 32.9 Å². The summed E-state index contributed by atoms with van der Waals surface area (Å²) in [6.45, 7) is 6.52. The molecule has 0 heterocycles. The first-order chi connectivity index (χ1) is 9.71. The van der Waals surface area contributed by atoms with Gasteiger partial charge in [0, 0.05) is 5.92 Å². The van der Waals surface area contributed by atoms with Gasteiger partial charge in [0.1, 0.15) is 5.82 Å². The molecule has 3 unspecified atom stereocenters. The van der Waals surface area contributed by atoms with E-state index >= 15 is 0 Å². The summed E-state index contributed by atoms with van der Waals surface area (Å²) in [5.41, 5.74) is 0.648. The van der Waals surface area contributed by atoms with E-state index in [9.17, 15) is 14.3 Å². The van der Waals surface area contributed by atoms with Crippen molar-refractivity contribution in [2.75, 3.05) is 0 Å². The molecule has 0 spiro atoms. The SMILES string of the molecule is CC(C)(C)C1CCC(C(=O)O)C(c2cccc(Br)c2F)C1. The number of hydrogen-bond donors (Lipinski definition) is 1. The number of carbonyl (C=O) groups is 1. The van der Waals surface area contributed by atoms with Crippen molar-refractivity contribution in [3.05, 3.63) is 34.1 Å². The Labute approximate surface area is 133 Å². The van der Waals surface area contributed by atoms with Crippen LogP contribution in [0.5, 0.6) is 0 Å². The molecule has 1 aromatic rings. The molecule has 1 fully saturated rings. The third kappa shape index (κ3) is 3.47. The minimum absolute atomic E-state index is 0.115. The van der Waals surface area contributed by atoms with E-state index in [1.54, 1.807) is 18.2 Å². The first-order valence-corrected chi connectivity index (χ1v) is 8.18. The largest absolute Gasteiger partial charge is 0.481 e. The molecule has 116 valence electrons. The topological polar surface area (TPSA) is 37.3 Å². The van der Waals surface area contributed by atoms with E-state index in [1.807, 2.05) is 0 Å². The molecule has 0 saturated heterocycles. The Morgan fingerprint density at radius 3 is 2.57 bits per heavy atom. The lowest BCUT2D eigenvalue weighted by Gasteiger charge is -2.40. The quantitative estimate of drug-likeness (QED) is 0.788. The van der Waals surface area contributed by atoms with Crippen LogP contribution in [0.15, 0.2) is 22.7 Å². The van der Waals surface area contributed by atoms with Crippen molar-refractivity contribution in [2.24, 2.45) is 17.3 Å². The van der Waals surface area contributed by atoms with Crippen LogP contribution in [0.2, 0.25) is 0 Å². The number of benzene rings is 1. The molecule has 4 heteroatoms. The molecule has 1 N–H and O–H groups in total. The fourth-order valence-electron chi connectivity index (χ4n) is 3.40. The second-order valence-corrected chi connectivity index (χ2v) is 7.92. The van der Waals surface area contributed by atoms with E-state index < -0.39 is 11.9 Å². The molecule has 2 nitrogen and oxygen atoms in total. The number of carboxylic acid groups (broad SMARTS) is 1. The average molecular weight is 357 g/mol. The van der Waals surface area contributed by atoms with Crippen LogP contribution in [0.4, 0.5) is 4.39 Å². The maximum atomic E-state index is 14.4. The van der Waals surface area contributed by atoms with Crippen molar-refractivity contribution in [1.82, 2.24) is 0 Å². The summed E-state index contributed by atoms with van der Waals surface area (Å²) < 4.78 is 14.8. The molecular formula is C17H22BrFO2. The van der Waals surface area contributed by atoms with E-state index in [4.69, 9.17) is 0 Å². The van der Waals surface area contributed by atoms with Gasteiger partial charge in [-0.15, -0.1) is 0 Å². The second kappa shape index (κ2) is 6.07. The smallest absolute Gasteiger partial charge is 0.307 e. The third-order valence-corrected chi connectivity index (χ3v) is 5.39. The lowest BCUT2D eigenvalue weighted by molar-refractivity contribution is -0.144. The number of rotatable bonds is 2. The van der Waals surface area contributed by atoms with Crippen LogP contribution in [0.25, 0.3) is 0 Å². The van der Waals surface area contributed by atoms with Crippen LogP contribution in [0.1, 0.15) is 51.5 Å². The van der Waals surface area contributed by atoms with Crippen molar-refractivity contribution in [2.45, 2.75) is 46.0 Å². The van der Waals surface area contributed by atoms with Crippen LogP contribution in [-0.4, -0.2) is 11.1 Å². The van der Waals surface area contributed by atoms with Gasteiger partial charge in [-0.05, 0) is 58.2 Å². The molecule has 0 aliphatic heterocycles. The summed E-state index contributed by atoms with van der Waals surface area (Å²) >= 11 is 3.20. The summed E-state index contributed by atoms with van der Waals surface area (Å²) in [6, 6.07) is 5.16. The van der Waals surface area contributed by atoms with Gasteiger partial charge in [-0.25, -0.2) is 4.39 Å². The molecule has 0 radical (unpaired) electrons. The standard InChI is InChI=1S/C17H22BrFO2/c1-17(2,3)10-7-8-12(16(20)21)13(9-10)11-5-4-6-14(18)15(11)19/h4-6,10,12-13H,7-9H2,1-3H3,(H,20,21). The molecule has 0 aromatic heterocycles. The van der Waals surface area contributed by atoms with Crippen LogP contribution >= 0.6 is 15.9 Å².